The van der Waals surface area contributed by atoms with E-state index in [1.54, 1.807) is 50.8 Å². The van der Waals surface area contributed by atoms with E-state index in [4.69, 9.17) is 21.7 Å². The maximum Gasteiger partial charge on any atom is 0.336 e. The lowest BCUT2D eigenvalue weighted by atomic mass is 9.76. The molecule has 0 saturated heterocycles. The average molecular weight is 517 g/mol. The van der Waals surface area contributed by atoms with Crippen molar-refractivity contribution in [2.75, 3.05) is 13.7 Å². The number of H-pyrrole nitrogens is 1. The van der Waals surface area contributed by atoms with Crippen LogP contribution >= 0.6 is 12.2 Å². The van der Waals surface area contributed by atoms with E-state index in [0.717, 1.165) is 17.7 Å². The van der Waals surface area contributed by atoms with Gasteiger partial charge in [-0.2, -0.15) is 0 Å². The molecular weight excluding hydrogens is 488 g/mol. The highest BCUT2D eigenvalue weighted by Crippen LogP contribution is 2.40. The van der Waals surface area contributed by atoms with Gasteiger partial charge in [-0.15, -0.1) is 0 Å². The van der Waals surface area contributed by atoms with Crippen molar-refractivity contribution in [2.24, 2.45) is 10.9 Å². The number of esters is 2. The van der Waals surface area contributed by atoms with Crippen LogP contribution in [0.5, 0.6) is 0 Å². The number of aromatic amines is 1. The van der Waals surface area contributed by atoms with Gasteiger partial charge in [0.2, 0.25) is 0 Å². The van der Waals surface area contributed by atoms with E-state index in [1.165, 1.54) is 7.11 Å². The van der Waals surface area contributed by atoms with Crippen LogP contribution in [0.2, 0.25) is 0 Å². The smallest absolute Gasteiger partial charge is 0.336 e. The first-order valence-corrected chi connectivity index (χ1v) is 12.2. The van der Waals surface area contributed by atoms with E-state index >= 15 is 0 Å². The summed E-state index contributed by atoms with van der Waals surface area (Å²) in [5.74, 6) is -2.50. The summed E-state index contributed by atoms with van der Waals surface area (Å²) in [6.45, 7) is 4.29. The van der Waals surface area contributed by atoms with Crippen molar-refractivity contribution in [1.82, 2.24) is 14.5 Å². The number of hydrogen-bond acceptors (Lipinski definition) is 7. The van der Waals surface area contributed by atoms with Gasteiger partial charge in [-0.05, 0) is 42.7 Å². The van der Waals surface area contributed by atoms with Crippen LogP contribution in [-0.2, 0) is 25.6 Å². The molecule has 9 heteroatoms. The molecule has 190 valence electrons. The third-order valence-electron chi connectivity index (χ3n) is 6.21. The summed E-state index contributed by atoms with van der Waals surface area (Å²) in [6.07, 6.45) is 10.8. The lowest BCUT2D eigenvalue weighted by Crippen LogP contribution is -2.36. The first kappa shape index (κ1) is 26.0. The van der Waals surface area contributed by atoms with Crippen LogP contribution < -0.4 is 0 Å². The summed E-state index contributed by atoms with van der Waals surface area (Å²) in [6, 6.07) is 11.7. The molecule has 2 unspecified atom stereocenters. The Bertz CT molecular complexity index is 1420. The number of imidazole rings is 1. The van der Waals surface area contributed by atoms with E-state index in [2.05, 4.69) is 15.0 Å². The van der Waals surface area contributed by atoms with Crippen LogP contribution in [0.15, 0.2) is 83.7 Å². The molecule has 2 atom stereocenters. The number of ether oxygens (including phenoxy) is 2. The number of hydrogen-bond donors (Lipinski definition) is 1. The number of nitrogens with one attached hydrogen (secondary N) is 1. The molecule has 37 heavy (non-hydrogen) atoms. The topological polar surface area (TPSA) is 98.6 Å². The zero-order valence-corrected chi connectivity index (χ0v) is 21.7. The number of allylic oxidation sites excluding steroid dienone is 1. The molecule has 3 aromatic rings. The molecule has 0 fully saturated rings. The Morgan fingerprint density at radius 3 is 2.65 bits per heavy atom. The first-order chi connectivity index (χ1) is 17.9. The summed E-state index contributed by atoms with van der Waals surface area (Å²) < 4.78 is 13.1. The Hall–Kier alpha value is -4.11. The maximum atomic E-state index is 13.3. The molecular formula is C28H28N4O4S. The van der Waals surface area contributed by atoms with Gasteiger partial charge in [-0.25, -0.2) is 9.78 Å². The summed E-state index contributed by atoms with van der Waals surface area (Å²) >= 11 is 5.49. The average Bonchev–Trinajstić information content (AvgIpc) is 3.40. The van der Waals surface area contributed by atoms with Crippen LogP contribution in [0.1, 0.15) is 36.5 Å². The molecule has 1 aromatic carbocycles. The van der Waals surface area contributed by atoms with Crippen molar-refractivity contribution in [3.05, 3.63) is 100.0 Å². The Balaban J connectivity index is 1.49. The molecule has 2 aromatic heterocycles. The number of methoxy groups -OCH3 is 1. The molecule has 0 radical (unpaired) electrons. The fraction of sp³-hybridized carbons (Fsp3) is 0.250. The summed E-state index contributed by atoms with van der Waals surface area (Å²) in [4.78, 5) is 37.5. The molecule has 0 aliphatic carbocycles. The first-order valence-electron chi connectivity index (χ1n) is 11.8. The molecule has 3 heterocycles. The van der Waals surface area contributed by atoms with Crippen LogP contribution in [0.4, 0.5) is 0 Å². The fourth-order valence-corrected chi connectivity index (χ4v) is 4.72. The standard InChI is InChI=1S/C28H28N4O4S/c1-18-23(27(33)35-3)25(22-7-4-12-30-26(22)37)24(19(2)31-18)28(34)36-15-5-6-20-8-10-21(11-9-20)16-32-14-13-29-17-32/h4-14,17,23,25H,15-16H2,1-3H3,(H,30,37). The van der Waals surface area contributed by atoms with Gasteiger partial charge in [0.25, 0.3) is 0 Å². The van der Waals surface area contributed by atoms with Gasteiger partial charge < -0.3 is 19.0 Å². The lowest BCUT2D eigenvalue weighted by Gasteiger charge is -2.31. The van der Waals surface area contributed by atoms with Crippen molar-refractivity contribution in [1.29, 1.82) is 0 Å². The van der Waals surface area contributed by atoms with Gasteiger partial charge in [0.15, 0.2) is 0 Å². The summed E-state index contributed by atoms with van der Waals surface area (Å²) in [5, 5.41) is 0. The Kier molecular flexibility index (Phi) is 8.25. The van der Waals surface area contributed by atoms with Gasteiger partial charge in [0, 0.05) is 42.5 Å². The van der Waals surface area contributed by atoms with E-state index < -0.39 is 23.8 Å². The van der Waals surface area contributed by atoms with Crippen molar-refractivity contribution in [3.8, 4) is 0 Å². The molecule has 0 saturated carbocycles. The molecule has 1 aliphatic rings. The highest BCUT2D eigenvalue weighted by atomic mass is 32.1. The maximum absolute atomic E-state index is 13.3. The molecule has 0 spiro atoms. The predicted octanol–water partition coefficient (Wildman–Crippen LogP) is 4.87. The van der Waals surface area contributed by atoms with Gasteiger partial charge in [-0.1, -0.05) is 48.6 Å². The van der Waals surface area contributed by atoms with E-state index in [-0.39, 0.29) is 6.61 Å². The molecule has 8 nitrogen and oxygen atoms in total. The fourth-order valence-electron chi connectivity index (χ4n) is 4.46. The Morgan fingerprint density at radius 1 is 1.19 bits per heavy atom. The number of benzene rings is 1. The zero-order chi connectivity index (χ0) is 26.4. The normalized spacial score (nSPS) is 17.5. The summed E-state index contributed by atoms with van der Waals surface area (Å²) in [5.41, 5.74) is 4.12. The third kappa shape index (κ3) is 6.00. The van der Waals surface area contributed by atoms with Crippen LogP contribution in [0.3, 0.4) is 0 Å². The number of nitrogens with zero attached hydrogens (tertiary/aromatic N) is 3. The minimum Gasteiger partial charge on any atom is -0.468 e. The van der Waals surface area contributed by atoms with Gasteiger partial charge in [-0.3, -0.25) is 9.79 Å². The van der Waals surface area contributed by atoms with Gasteiger partial charge in [0.05, 0.1) is 19.0 Å². The van der Waals surface area contributed by atoms with Crippen molar-refractivity contribution < 1.29 is 19.1 Å². The predicted molar refractivity (Wildman–Crippen MR) is 143 cm³/mol. The number of carbonyl (C=O) groups is 2. The second-order valence-electron chi connectivity index (χ2n) is 8.66. The van der Waals surface area contributed by atoms with Crippen LogP contribution in [0.25, 0.3) is 6.08 Å². The minimum absolute atomic E-state index is 0.0619. The van der Waals surface area contributed by atoms with E-state index in [1.807, 2.05) is 41.1 Å². The monoisotopic (exact) mass is 516 g/mol. The quantitative estimate of drug-likeness (QED) is 0.339. The molecule has 0 amide bonds. The van der Waals surface area contributed by atoms with Gasteiger partial charge >= 0.3 is 11.9 Å². The van der Waals surface area contributed by atoms with Crippen molar-refractivity contribution >= 4 is 35.9 Å². The Labute approximate surface area is 220 Å². The SMILES string of the molecule is COC(=O)C1C(C)=NC(C)=C(C(=O)OCC=Cc2ccc(Cn3ccnc3)cc2)C1c1ccc[nH]c1=S. The second-order valence-corrected chi connectivity index (χ2v) is 9.07. The second kappa shape index (κ2) is 11.7. The van der Waals surface area contributed by atoms with Crippen LogP contribution in [0, 0.1) is 10.6 Å². The van der Waals surface area contributed by atoms with E-state index in [9.17, 15) is 9.59 Å². The lowest BCUT2D eigenvalue weighted by molar-refractivity contribution is -0.143. The number of aromatic nitrogens is 3. The molecule has 1 aliphatic heterocycles. The third-order valence-corrected chi connectivity index (χ3v) is 6.57. The number of pyridine rings is 1. The highest BCUT2D eigenvalue weighted by Gasteiger charge is 2.42. The van der Waals surface area contributed by atoms with Crippen molar-refractivity contribution in [3.63, 3.8) is 0 Å². The summed E-state index contributed by atoms with van der Waals surface area (Å²) in [7, 11) is 1.32. The molecule has 0 bridgehead atoms. The number of aliphatic imine (C=N–C) groups is 1. The van der Waals surface area contributed by atoms with Gasteiger partial charge in [0.1, 0.15) is 17.2 Å². The van der Waals surface area contributed by atoms with Crippen molar-refractivity contribution in [2.45, 2.75) is 26.3 Å². The molecule has 1 N–H and O–H groups in total. The zero-order valence-electron chi connectivity index (χ0n) is 20.9. The minimum atomic E-state index is -0.787. The van der Waals surface area contributed by atoms with Crippen LogP contribution in [-0.4, -0.2) is 45.9 Å². The van der Waals surface area contributed by atoms with E-state index in [0.29, 0.717) is 27.2 Å². The molecule has 4 rings (SSSR count). The Morgan fingerprint density at radius 2 is 1.97 bits per heavy atom. The largest absolute Gasteiger partial charge is 0.468 e. The number of carbonyl (C=O) groups excluding carboxylic acids is 2. The highest BCUT2D eigenvalue weighted by molar-refractivity contribution is 7.71. The number of rotatable bonds is 8.